The van der Waals surface area contributed by atoms with E-state index in [1.165, 1.54) is 0 Å². The maximum atomic E-state index is 10.5. The van der Waals surface area contributed by atoms with Crippen molar-refractivity contribution in [1.29, 1.82) is 0 Å². The first kappa shape index (κ1) is 11.3. The molecule has 1 atom stereocenters. The molecule has 8 heteroatoms. The maximum Gasteiger partial charge on any atom is 0.329 e. The van der Waals surface area contributed by atoms with Crippen LogP contribution in [0.5, 0.6) is 0 Å². The summed E-state index contributed by atoms with van der Waals surface area (Å²) in [6, 6.07) is 0. The Bertz CT molecular complexity index is 346. The lowest BCUT2D eigenvalue weighted by atomic mass is 10.3. The molecule has 0 aromatic carbocycles. The Hall–Kier alpha value is -1.80. The molecule has 0 bridgehead atoms. The number of hydrogen-bond acceptors (Lipinski definition) is 7. The van der Waals surface area contributed by atoms with Crippen molar-refractivity contribution < 1.29 is 15.1 Å². The van der Waals surface area contributed by atoms with Crippen molar-refractivity contribution >= 4 is 11.5 Å². The summed E-state index contributed by atoms with van der Waals surface area (Å²) in [4.78, 5) is 17.0. The van der Waals surface area contributed by atoms with Crippen molar-refractivity contribution in [2.75, 3.05) is 18.5 Å². The zero-order chi connectivity index (χ0) is 11.3. The van der Waals surface area contributed by atoms with Gasteiger partial charge in [-0.15, -0.1) is 0 Å². The van der Waals surface area contributed by atoms with Crippen LogP contribution in [0, 0.1) is 10.1 Å². The summed E-state index contributed by atoms with van der Waals surface area (Å²) in [6.45, 7) is -0.444. The minimum atomic E-state index is -0.987. The third-order valence-electron chi connectivity index (χ3n) is 1.61. The van der Waals surface area contributed by atoms with Gasteiger partial charge < -0.3 is 15.5 Å². The predicted molar refractivity (Wildman–Crippen MR) is 50.3 cm³/mol. The van der Waals surface area contributed by atoms with Crippen LogP contribution in [0.4, 0.5) is 11.5 Å². The summed E-state index contributed by atoms with van der Waals surface area (Å²) in [5.41, 5.74) is -0.275. The van der Waals surface area contributed by atoms with E-state index in [2.05, 4.69) is 15.3 Å². The van der Waals surface area contributed by atoms with Gasteiger partial charge in [-0.05, 0) is 0 Å². The molecule has 15 heavy (non-hydrogen) atoms. The highest BCUT2D eigenvalue weighted by molar-refractivity contribution is 5.53. The summed E-state index contributed by atoms with van der Waals surface area (Å²) in [5.74, 6) is 0.0162. The highest BCUT2D eigenvalue weighted by Gasteiger charge is 2.15. The number of nitrogens with one attached hydrogen (secondary N) is 1. The van der Waals surface area contributed by atoms with Crippen molar-refractivity contribution in [3.8, 4) is 0 Å². The van der Waals surface area contributed by atoms with E-state index < -0.39 is 17.6 Å². The van der Waals surface area contributed by atoms with E-state index in [1.54, 1.807) is 0 Å². The summed E-state index contributed by atoms with van der Waals surface area (Å²) < 4.78 is 0. The molecule has 0 aliphatic rings. The SMILES string of the molecule is O=[N+]([O-])c1cncnc1NC[C@H](O)CO. The molecule has 0 radical (unpaired) electrons. The van der Waals surface area contributed by atoms with Crippen molar-refractivity contribution in [1.82, 2.24) is 9.97 Å². The third kappa shape index (κ3) is 3.11. The van der Waals surface area contributed by atoms with Gasteiger partial charge in [0, 0.05) is 6.54 Å². The fourth-order valence-electron chi connectivity index (χ4n) is 0.871. The largest absolute Gasteiger partial charge is 0.394 e. The Morgan fingerprint density at radius 1 is 1.67 bits per heavy atom. The van der Waals surface area contributed by atoms with Crippen molar-refractivity contribution in [3.05, 3.63) is 22.6 Å². The van der Waals surface area contributed by atoms with Crippen LogP contribution in [0.15, 0.2) is 12.5 Å². The minimum Gasteiger partial charge on any atom is -0.394 e. The first-order chi connectivity index (χ1) is 7.15. The van der Waals surface area contributed by atoms with Gasteiger partial charge in [0.05, 0.1) is 17.6 Å². The number of anilines is 1. The molecule has 8 nitrogen and oxygen atoms in total. The number of nitro groups is 1. The molecule has 82 valence electrons. The Labute approximate surface area is 84.8 Å². The van der Waals surface area contributed by atoms with E-state index >= 15 is 0 Å². The molecule has 1 heterocycles. The fourth-order valence-corrected chi connectivity index (χ4v) is 0.871. The average Bonchev–Trinajstić information content (AvgIpc) is 2.26. The maximum absolute atomic E-state index is 10.5. The smallest absolute Gasteiger partial charge is 0.329 e. The lowest BCUT2D eigenvalue weighted by molar-refractivity contribution is -0.384. The van der Waals surface area contributed by atoms with E-state index in [4.69, 9.17) is 10.2 Å². The zero-order valence-corrected chi connectivity index (χ0v) is 7.70. The normalized spacial score (nSPS) is 12.1. The van der Waals surface area contributed by atoms with E-state index in [9.17, 15) is 10.1 Å². The molecule has 0 saturated heterocycles. The van der Waals surface area contributed by atoms with Gasteiger partial charge in [-0.3, -0.25) is 10.1 Å². The average molecular weight is 214 g/mol. The van der Waals surface area contributed by atoms with E-state index in [0.29, 0.717) is 0 Å². The van der Waals surface area contributed by atoms with Crippen LogP contribution in [-0.4, -0.2) is 44.4 Å². The van der Waals surface area contributed by atoms with Crippen molar-refractivity contribution in [2.45, 2.75) is 6.10 Å². The number of hydrogen-bond donors (Lipinski definition) is 3. The minimum absolute atomic E-state index is 0.0162. The second kappa shape index (κ2) is 5.17. The van der Waals surface area contributed by atoms with E-state index in [0.717, 1.165) is 12.5 Å². The standard InChI is InChI=1S/C7H10N4O4/c12-3-5(13)1-9-7-6(11(14)15)2-8-4-10-7/h2,4-5,12-13H,1,3H2,(H,8,9,10)/t5-/m0/s1. The second-order valence-corrected chi connectivity index (χ2v) is 2.73. The number of aromatic nitrogens is 2. The number of nitrogens with zero attached hydrogens (tertiary/aromatic N) is 3. The molecule has 1 rings (SSSR count). The van der Waals surface area contributed by atoms with Gasteiger partial charge in [0.2, 0.25) is 5.82 Å². The molecule has 0 unspecified atom stereocenters. The van der Waals surface area contributed by atoms with Gasteiger partial charge in [0.1, 0.15) is 12.5 Å². The van der Waals surface area contributed by atoms with Crippen LogP contribution in [0.25, 0.3) is 0 Å². The molecule has 3 N–H and O–H groups in total. The molecule has 0 amide bonds. The quantitative estimate of drug-likeness (QED) is 0.431. The number of aliphatic hydroxyl groups excluding tert-OH is 2. The van der Waals surface area contributed by atoms with Crippen LogP contribution < -0.4 is 5.32 Å². The Morgan fingerprint density at radius 2 is 2.40 bits per heavy atom. The van der Waals surface area contributed by atoms with Gasteiger partial charge in [-0.1, -0.05) is 0 Å². The molecule has 0 saturated carbocycles. The van der Waals surface area contributed by atoms with Crippen LogP contribution in [0.1, 0.15) is 0 Å². The first-order valence-corrected chi connectivity index (χ1v) is 4.12. The van der Waals surface area contributed by atoms with Gasteiger partial charge in [-0.25, -0.2) is 9.97 Å². The Balaban J connectivity index is 2.72. The van der Waals surface area contributed by atoms with Gasteiger partial charge >= 0.3 is 5.69 Å². The van der Waals surface area contributed by atoms with Crippen LogP contribution in [-0.2, 0) is 0 Å². The fraction of sp³-hybridized carbons (Fsp3) is 0.429. The molecular formula is C7H10N4O4. The van der Waals surface area contributed by atoms with Crippen molar-refractivity contribution in [3.63, 3.8) is 0 Å². The lowest BCUT2D eigenvalue weighted by Gasteiger charge is -2.08. The lowest BCUT2D eigenvalue weighted by Crippen LogP contribution is -2.23. The van der Waals surface area contributed by atoms with Gasteiger partial charge in [0.25, 0.3) is 0 Å². The summed E-state index contributed by atoms with van der Waals surface area (Å²) in [7, 11) is 0. The molecule has 1 aromatic heterocycles. The van der Waals surface area contributed by atoms with E-state index in [-0.39, 0.29) is 18.1 Å². The predicted octanol–water partition coefficient (Wildman–Crippen LogP) is -0.850. The van der Waals surface area contributed by atoms with Gasteiger partial charge in [-0.2, -0.15) is 0 Å². The van der Waals surface area contributed by atoms with Crippen LogP contribution in [0.3, 0.4) is 0 Å². The van der Waals surface area contributed by atoms with Crippen LogP contribution >= 0.6 is 0 Å². The summed E-state index contributed by atoms with van der Waals surface area (Å²) >= 11 is 0. The number of aliphatic hydroxyl groups is 2. The molecule has 0 aliphatic heterocycles. The van der Waals surface area contributed by atoms with Crippen LogP contribution in [0.2, 0.25) is 0 Å². The first-order valence-electron chi connectivity index (χ1n) is 4.12. The molecule has 0 aliphatic carbocycles. The third-order valence-corrected chi connectivity index (χ3v) is 1.61. The topological polar surface area (TPSA) is 121 Å². The Morgan fingerprint density at radius 3 is 3.00 bits per heavy atom. The highest BCUT2D eigenvalue weighted by Crippen LogP contribution is 2.18. The molecule has 0 fully saturated rings. The van der Waals surface area contributed by atoms with Gasteiger partial charge in [0.15, 0.2) is 0 Å². The molecule has 0 spiro atoms. The highest BCUT2D eigenvalue weighted by atomic mass is 16.6. The molecular weight excluding hydrogens is 204 g/mol. The Kier molecular flexibility index (Phi) is 3.89. The zero-order valence-electron chi connectivity index (χ0n) is 7.70. The summed E-state index contributed by atoms with van der Waals surface area (Å²) in [5, 5.41) is 30.6. The monoisotopic (exact) mass is 214 g/mol. The summed E-state index contributed by atoms with van der Waals surface area (Å²) in [6.07, 6.45) is 1.22. The van der Waals surface area contributed by atoms with Crippen molar-refractivity contribution in [2.24, 2.45) is 0 Å². The molecule has 1 aromatic rings. The van der Waals surface area contributed by atoms with E-state index in [1.807, 2.05) is 0 Å². The number of rotatable bonds is 5. The second-order valence-electron chi connectivity index (χ2n) is 2.73.